The lowest BCUT2D eigenvalue weighted by molar-refractivity contribution is -0.384. The van der Waals surface area contributed by atoms with E-state index in [0.717, 1.165) is 0 Å². The Morgan fingerprint density at radius 1 is 1.29 bits per heavy atom. The molecule has 0 atom stereocenters. The van der Waals surface area contributed by atoms with Crippen LogP contribution in [0.3, 0.4) is 0 Å². The first-order valence-electron chi connectivity index (χ1n) is 5.71. The number of ether oxygens (including phenoxy) is 1. The van der Waals surface area contributed by atoms with E-state index in [2.05, 4.69) is 5.16 Å². The van der Waals surface area contributed by atoms with Gasteiger partial charge in [0, 0.05) is 6.07 Å². The summed E-state index contributed by atoms with van der Waals surface area (Å²) >= 11 is 5.96. The van der Waals surface area contributed by atoms with Crippen LogP contribution in [0.4, 0.5) is 5.69 Å². The van der Waals surface area contributed by atoms with E-state index in [1.807, 2.05) is 0 Å². The van der Waals surface area contributed by atoms with Gasteiger partial charge in [0.25, 0.3) is 5.69 Å². The number of non-ortho nitro benzene ring substituents is 1. The highest BCUT2D eigenvalue weighted by atomic mass is 35.5. The molecule has 0 amide bonds. The number of nitrogens with zero attached hydrogens (tertiary/aromatic N) is 2. The van der Waals surface area contributed by atoms with Gasteiger partial charge in [-0.05, 0) is 18.2 Å². The van der Waals surface area contributed by atoms with Crippen LogP contribution in [0.2, 0.25) is 5.02 Å². The molecule has 0 radical (unpaired) electrons. The van der Waals surface area contributed by atoms with Gasteiger partial charge < -0.3 is 15.7 Å². The lowest BCUT2D eigenvalue weighted by atomic mass is 10.2. The van der Waals surface area contributed by atoms with Crippen LogP contribution < -0.4 is 10.5 Å². The number of amidine groups is 1. The van der Waals surface area contributed by atoms with Crippen molar-refractivity contribution in [2.45, 2.75) is 0 Å². The maximum Gasteiger partial charge on any atom is 0.273 e. The van der Waals surface area contributed by atoms with Gasteiger partial charge in [-0.2, -0.15) is 0 Å². The van der Waals surface area contributed by atoms with E-state index < -0.39 is 4.92 Å². The van der Waals surface area contributed by atoms with Crippen molar-refractivity contribution in [2.24, 2.45) is 10.9 Å². The molecule has 0 bridgehead atoms. The summed E-state index contributed by atoms with van der Waals surface area (Å²) in [6.45, 7) is 0. The molecule has 108 valence electrons. The molecule has 2 rings (SSSR count). The number of hydrogen-bond acceptors (Lipinski definition) is 5. The number of nitro groups is 1. The summed E-state index contributed by atoms with van der Waals surface area (Å²) in [5, 5.41) is 22.6. The van der Waals surface area contributed by atoms with Gasteiger partial charge in [0.15, 0.2) is 11.6 Å². The summed E-state index contributed by atoms with van der Waals surface area (Å²) in [7, 11) is 0. The summed E-state index contributed by atoms with van der Waals surface area (Å²) in [6.07, 6.45) is 0. The van der Waals surface area contributed by atoms with Gasteiger partial charge in [0.2, 0.25) is 0 Å². The zero-order chi connectivity index (χ0) is 15.4. The van der Waals surface area contributed by atoms with Crippen LogP contribution in [-0.2, 0) is 0 Å². The third-order valence-electron chi connectivity index (χ3n) is 2.62. The zero-order valence-corrected chi connectivity index (χ0v) is 11.3. The van der Waals surface area contributed by atoms with Crippen molar-refractivity contribution >= 4 is 23.1 Å². The second kappa shape index (κ2) is 6.10. The van der Waals surface area contributed by atoms with Crippen LogP contribution in [0.5, 0.6) is 11.5 Å². The molecule has 0 aliphatic heterocycles. The Kier molecular flexibility index (Phi) is 4.24. The highest BCUT2D eigenvalue weighted by molar-refractivity contribution is 6.32. The van der Waals surface area contributed by atoms with Crippen molar-refractivity contribution in [3.05, 3.63) is 63.2 Å². The van der Waals surface area contributed by atoms with Crippen LogP contribution >= 0.6 is 11.6 Å². The molecule has 0 heterocycles. The fourth-order valence-corrected chi connectivity index (χ4v) is 1.78. The molecule has 7 nitrogen and oxygen atoms in total. The summed E-state index contributed by atoms with van der Waals surface area (Å²) in [6, 6.07) is 10.3. The highest BCUT2D eigenvalue weighted by Crippen LogP contribution is 2.34. The molecule has 0 unspecified atom stereocenters. The monoisotopic (exact) mass is 307 g/mol. The van der Waals surface area contributed by atoms with Crippen molar-refractivity contribution < 1.29 is 14.9 Å². The molecule has 0 aromatic heterocycles. The van der Waals surface area contributed by atoms with E-state index in [4.69, 9.17) is 27.3 Å². The third kappa shape index (κ3) is 3.21. The van der Waals surface area contributed by atoms with Crippen LogP contribution in [0, 0.1) is 10.1 Å². The minimum Gasteiger partial charge on any atom is -0.455 e. The molecule has 0 aliphatic rings. The third-order valence-corrected chi connectivity index (χ3v) is 2.93. The van der Waals surface area contributed by atoms with Crippen molar-refractivity contribution in [3.8, 4) is 11.5 Å². The SMILES string of the molecule is NC(=NO)c1ccccc1Oc1cc([N+](=O)[O-])ccc1Cl. The number of oxime groups is 1. The first kappa shape index (κ1) is 14.6. The van der Waals surface area contributed by atoms with Crippen LogP contribution in [-0.4, -0.2) is 16.0 Å². The lowest BCUT2D eigenvalue weighted by Crippen LogP contribution is -2.14. The molecule has 21 heavy (non-hydrogen) atoms. The highest BCUT2D eigenvalue weighted by Gasteiger charge is 2.14. The maximum atomic E-state index is 10.8. The van der Waals surface area contributed by atoms with Crippen LogP contribution in [0.25, 0.3) is 0 Å². The number of para-hydroxylation sites is 1. The molecule has 0 saturated carbocycles. The smallest absolute Gasteiger partial charge is 0.273 e. The predicted octanol–water partition coefficient (Wildman–Crippen LogP) is 3.14. The maximum absolute atomic E-state index is 10.8. The Hall–Kier alpha value is -2.80. The Labute approximate surface area is 124 Å². The average molecular weight is 308 g/mol. The largest absolute Gasteiger partial charge is 0.455 e. The molecule has 8 heteroatoms. The van der Waals surface area contributed by atoms with Crippen LogP contribution in [0.15, 0.2) is 47.6 Å². The normalized spacial score (nSPS) is 11.2. The average Bonchev–Trinajstić information content (AvgIpc) is 2.49. The fraction of sp³-hybridized carbons (Fsp3) is 0. The topological polar surface area (TPSA) is 111 Å². The number of benzene rings is 2. The quantitative estimate of drug-likeness (QED) is 0.296. The minimum atomic E-state index is -0.557. The molecule has 0 spiro atoms. The van der Waals surface area contributed by atoms with E-state index in [0.29, 0.717) is 5.56 Å². The second-order valence-corrected chi connectivity index (χ2v) is 4.36. The Morgan fingerprint density at radius 2 is 2.00 bits per heavy atom. The molecule has 0 fully saturated rings. The van der Waals surface area contributed by atoms with Gasteiger partial charge in [-0.15, -0.1) is 0 Å². The van der Waals surface area contributed by atoms with E-state index in [1.165, 1.54) is 18.2 Å². The summed E-state index contributed by atoms with van der Waals surface area (Å²) in [5.74, 6) is 0.214. The lowest BCUT2D eigenvalue weighted by Gasteiger charge is -2.11. The molecular formula is C13H10ClN3O4. The van der Waals surface area contributed by atoms with Gasteiger partial charge in [-0.25, -0.2) is 0 Å². The van der Waals surface area contributed by atoms with Crippen molar-refractivity contribution in [3.63, 3.8) is 0 Å². The number of halogens is 1. The minimum absolute atomic E-state index is 0.101. The Morgan fingerprint density at radius 3 is 2.67 bits per heavy atom. The van der Waals surface area contributed by atoms with E-state index in [-0.39, 0.29) is 28.0 Å². The molecule has 0 aliphatic carbocycles. The first-order chi connectivity index (χ1) is 10.0. The van der Waals surface area contributed by atoms with Crippen molar-refractivity contribution in [1.29, 1.82) is 0 Å². The summed E-state index contributed by atoms with van der Waals surface area (Å²) in [5.41, 5.74) is 5.72. The number of nitrogens with two attached hydrogens (primary N) is 1. The second-order valence-electron chi connectivity index (χ2n) is 3.96. The van der Waals surface area contributed by atoms with E-state index >= 15 is 0 Å². The van der Waals surface area contributed by atoms with Gasteiger partial charge in [-0.3, -0.25) is 10.1 Å². The number of rotatable bonds is 4. The molecule has 0 saturated heterocycles. The summed E-state index contributed by atoms with van der Waals surface area (Å²) < 4.78 is 5.55. The van der Waals surface area contributed by atoms with Crippen molar-refractivity contribution in [2.75, 3.05) is 0 Å². The zero-order valence-electron chi connectivity index (χ0n) is 10.6. The standard InChI is InChI=1S/C13H10ClN3O4/c14-10-6-5-8(17(19)20)7-12(10)21-11-4-2-1-3-9(11)13(15)16-18/h1-7,18H,(H2,15,16). The Bertz CT molecular complexity index is 718. The molecule has 2 aromatic carbocycles. The van der Waals surface area contributed by atoms with E-state index in [9.17, 15) is 10.1 Å². The molecule has 2 aromatic rings. The Balaban J connectivity index is 2.43. The number of hydrogen-bond donors (Lipinski definition) is 2. The van der Waals surface area contributed by atoms with Crippen LogP contribution in [0.1, 0.15) is 5.56 Å². The number of nitro benzene ring substituents is 1. The first-order valence-corrected chi connectivity index (χ1v) is 6.09. The van der Waals surface area contributed by atoms with Crippen molar-refractivity contribution in [1.82, 2.24) is 0 Å². The molecular weight excluding hydrogens is 298 g/mol. The fourth-order valence-electron chi connectivity index (χ4n) is 1.62. The van der Waals surface area contributed by atoms with Gasteiger partial charge in [0.05, 0.1) is 21.6 Å². The summed E-state index contributed by atoms with van der Waals surface area (Å²) in [4.78, 5) is 10.2. The van der Waals surface area contributed by atoms with Gasteiger partial charge in [-0.1, -0.05) is 28.9 Å². The predicted molar refractivity (Wildman–Crippen MR) is 77.1 cm³/mol. The van der Waals surface area contributed by atoms with Gasteiger partial charge >= 0.3 is 0 Å². The van der Waals surface area contributed by atoms with Gasteiger partial charge in [0.1, 0.15) is 5.75 Å². The molecule has 3 N–H and O–H groups in total. The van der Waals surface area contributed by atoms with E-state index in [1.54, 1.807) is 24.3 Å².